The van der Waals surface area contributed by atoms with E-state index in [1.54, 1.807) is 22.5 Å². The summed E-state index contributed by atoms with van der Waals surface area (Å²) in [5, 5.41) is 9.57. The highest BCUT2D eigenvalue weighted by molar-refractivity contribution is 7.87. The monoisotopic (exact) mass is 454 g/mol. The summed E-state index contributed by atoms with van der Waals surface area (Å²) < 4.78 is 57.5. The molecule has 0 N–H and O–H groups in total. The van der Waals surface area contributed by atoms with Crippen molar-refractivity contribution >= 4 is 67.1 Å². The van der Waals surface area contributed by atoms with E-state index in [9.17, 15) is 16.8 Å². The molecule has 28 heavy (non-hydrogen) atoms. The van der Waals surface area contributed by atoms with Crippen molar-refractivity contribution in [2.75, 3.05) is 0 Å². The Bertz CT molecular complexity index is 1110. The molecule has 0 aromatic heterocycles. The molecule has 0 spiro atoms. The molecule has 0 aliphatic heterocycles. The Hall–Kier alpha value is -2.72. The molecule has 8 nitrogen and oxygen atoms in total. The Morgan fingerprint density at radius 2 is 1.07 bits per heavy atom. The van der Waals surface area contributed by atoms with Gasteiger partial charge in [-0.15, -0.1) is 0 Å². The van der Waals surface area contributed by atoms with Crippen LogP contribution in [0.5, 0.6) is 0 Å². The second-order valence-corrected chi connectivity index (χ2v) is 8.19. The minimum Gasteiger partial charge on any atom is -0.255 e. The molecule has 0 aliphatic rings. The van der Waals surface area contributed by atoms with Gasteiger partial charge in [-0.1, -0.05) is 48.6 Å². The fourth-order valence-corrected chi connectivity index (χ4v) is 4.02. The third kappa shape index (κ3) is 5.40. The van der Waals surface area contributed by atoms with Crippen LogP contribution in [-0.2, 0) is 28.8 Å². The molecule has 0 saturated heterocycles. The number of isothiocyanates is 2. The predicted octanol–water partition coefficient (Wildman–Crippen LogP) is 3.30. The second-order valence-electron chi connectivity index (χ2n) is 4.83. The minimum atomic E-state index is -4.23. The van der Waals surface area contributed by atoms with Crippen LogP contribution in [0.1, 0.15) is 11.1 Å². The fraction of sp³-hybridized carbons (Fsp3) is 0. The summed E-state index contributed by atoms with van der Waals surface area (Å²) in [5.74, 6) is 0. The molecule has 0 unspecified atom stereocenters. The van der Waals surface area contributed by atoms with Crippen LogP contribution in [-0.4, -0.2) is 27.2 Å². The van der Waals surface area contributed by atoms with E-state index < -0.39 is 20.2 Å². The van der Waals surface area contributed by atoms with Gasteiger partial charge in [-0.05, 0) is 58.0 Å². The van der Waals surface area contributed by atoms with Crippen molar-refractivity contribution in [2.24, 2.45) is 10.3 Å². The van der Waals surface area contributed by atoms with E-state index in [2.05, 4.69) is 43.3 Å². The number of thiocarbonyl (C=S) groups is 2. The van der Waals surface area contributed by atoms with E-state index in [1.165, 1.54) is 48.6 Å². The van der Waals surface area contributed by atoms with Crippen LogP contribution in [0.4, 0.5) is 0 Å². The highest BCUT2D eigenvalue weighted by Crippen LogP contribution is 2.23. The Balaban J connectivity index is 2.50. The van der Waals surface area contributed by atoms with Gasteiger partial charge in [0, 0.05) is 0 Å². The average molecular weight is 455 g/mol. The smallest absolute Gasteiger partial charge is 0.255 e. The lowest BCUT2D eigenvalue weighted by Crippen LogP contribution is -2.05. The topological polar surface area (TPSA) is 111 Å². The van der Waals surface area contributed by atoms with E-state index in [1.807, 2.05) is 0 Å². The van der Waals surface area contributed by atoms with E-state index in [0.29, 0.717) is 0 Å². The van der Waals surface area contributed by atoms with Crippen LogP contribution in [0.25, 0.3) is 12.2 Å². The maximum Gasteiger partial charge on any atom is 0.359 e. The molecule has 0 saturated carbocycles. The molecule has 2 rings (SSSR count). The highest BCUT2D eigenvalue weighted by atomic mass is 32.2. The standard InChI is InChI=1S/C16H10N2O6S4/c19-27(20,23-17-11-25)15-7-3-1-5-13(15)9-10-14-6-2-4-8-16(14)28(21,22)24-18-12-26/h1-10H. The zero-order valence-electron chi connectivity index (χ0n) is 13.8. The fourth-order valence-electron chi connectivity index (χ4n) is 2.08. The van der Waals surface area contributed by atoms with Crippen LogP contribution >= 0.6 is 24.4 Å². The summed E-state index contributed by atoms with van der Waals surface area (Å²) in [6.07, 6.45) is 2.79. The van der Waals surface area contributed by atoms with Gasteiger partial charge in [0.05, 0.1) is 0 Å². The van der Waals surface area contributed by atoms with Gasteiger partial charge in [0.25, 0.3) is 0 Å². The van der Waals surface area contributed by atoms with Crippen LogP contribution in [0.15, 0.2) is 68.6 Å². The molecule has 0 aliphatic carbocycles. The molecule has 0 amide bonds. The van der Waals surface area contributed by atoms with Crippen molar-refractivity contribution in [3.63, 3.8) is 0 Å². The lowest BCUT2D eigenvalue weighted by atomic mass is 10.1. The largest absolute Gasteiger partial charge is 0.359 e. The molecule has 144 valence electrons. The van der Waals surface area contributed by atoms with E-state index in [0.717, 1.165) is 0 Å². The molecule has 0 heterocycles. The first kappa shape index (κ1) is 21.6. The molecule has 0 radical (unpaired) electrons. The number of hydrogen-bond acceptors (Lipinski definition) is 10. The van der Waals surface area contributed by atoms with Gasteiger partial charge in [-0.2, -0.15) is 16.8 Å². The number of rotatable bonds is 8. The zero-order chi connectivity index (χ0) is 20.6. The summed E-state index contributed by atoms with van der Waals surface area (Å²) in [6, 6.07) is 11.8. The first-order valence-electron chi connectivity index (χ1n) is 7.19. The summed E-state index contributed by atoms with van der Waals surface area (Å²) in [5.41, 5.74) is 0.458. The summed E-state index contributed by atoms with van der Waals surface area (Å²) in [7, 11) is -8.47. The van der Waals surface area contributed by atoms with Gasteiger partial charge in [0.15, 0.2) is 0 Å². The van der Waals surface area contributed by atoms with Crippen molar-refractivity contribution in [3.8, 4) is 0 Å². The molecule has 0 atom stereocenters. The van der Waals surface area contributed by atoms with Gasteiger partial charge >= 0.3 is 20.2 Å². The minimum absolute atomic E-state index is 0.192. The normalized spacial score (nSPS) is 11.3. The van der Waals surface area contributed by atoms with Crippen molar-refractivity contribution < 1.29 is 25.4 Å². The number of benzene rings is 2. The maximum atomic E-state index is 12.2. The van der Waals surface area contributed by atoms with Crippen molar-refractivity contribution in [3.05, 3.63) is 59.7 Å². The van der Waals surface area contributed by atoms with Crippen LogP contribution in [0, 0.1) is 0 Å². The summed E-state index contributed by atoms with van der Waals surface area (Å²) in [4.78, 5) is -0.385. The van der Waals surface area contributed by atoms with Crippen LogP contribution in [0.3, 0.4) is 0 Å². The first-order valence-corrected chi connectivity index (χ1v) is 10.8. The van der Waals surface area contributed by atoms with Crippen molar-refractivity contribution in [2.45, 2.75) is 9.79 Å². The molecule has 0 bridgehead atoms. The second kappa shape index (κ2) is 9.47. The highest BCUT2D eigenvalue weighted by Gasteiger charge is 2.20. The summed E-state index contributed by atoms with van der Waals surface area (Å²) >= 11 is 8.58. The molecule has 2 aromatic rings. The Morgan fingerprint density at radius 3 is 1.43 bits per heavy atom. The van der Waals surface area contributed by atoms with E-state index in [-0.39, 0.29) is 20.9 Å². The van der Waals surface area contributed by atoms with Gasteiger partial charge in [-0.25, -0.2) is 0 Å². The van der Waals surface area contributed by atoms with Crippen molar-refractivity contribution in [1.82, 2.24) is 0 Å². The van der Waals surface area contributed by atoms with E-state index in [4.69, 9.17) is 0 Å². The third-order valence-corrected chi connectivity index (χ3v) is 5.68. The molecular formula is C16H10N2O6S4. The van der Waals surface area contributed by atoms with Crippen molar-refractivity contribution in [1.29, 1.82) is 0 Å². The van der Waals surface area contributed by atoms with Gasteiger partial charge in [0.2, 0.25) is 0 Å². The van der Waals surface area contributed by atoms with E-state index >= 15 is 0 Å². The van der Waals surface area contributed by atoms with Crippen LogP contribution < -0.4 is 0 Å². The third-order valence-electron chi connectivity index (χ3n) is 3.16. The SMILES string of the molecule is O=S(=O)(ON=C=S)c1ccccc1C=Cc1ccccc1S(=O)(=O)ON=C=S. The summed E-state index contributed by atoms with van der Waals surface area (Å²) in [6.45, 7) is 0. The zero-order valence-corrected chi connectivity index (χ0v) is 17.0. The lowest BCUT2D eigenvalue weighted by Gasteiger charge is -2.06. The Morgan fingerprint density at radius 1 is 0.714 bits per heavy atom. The Labute approximate surface area is 172 Å². The first-order chi connectivity index (χ1) is 13.3. The molecule has 2 aromatic carbocycles. The lowest BCUT2D eigenvalue weighted by molar-refractivity contribution is 0.341. The van der Waals surface area contributed by atoms with Crippen LogP contribution in [0.2, 0.25) is 0 Å². The quantitative estimate of drug-likeness (QED) is 0.258. The van der Waals surface area contributed by atoms with Gasteiger partial charge in [0.1, 0.15) is 20.1 Å². The molecule has 0 fully saturated rings. The Kier molecular flexibility index (Phi) is 7.30. The maximum absolute atomic E-state index is 12.2. The predicted molar refractivity (Wildman–Crippen MR) is 108 cm³/mol. The average Bonchev–Trinajstić information content (AvgIpc) is 2.69. The number of hydrogen-bond donors (Lipinski definition) is 0. The molecule has 12 heteroatoms. The van der Waals surface area contributed by atoms with Gasteiger partial charge in [-0.3, -0.25) is 8.57 Å². The van der Waals surface area contributed by atoms with Gasteiger partial charge < -0.3 is 0 Å². The number of nitrogens with zero attached hydrogens (tertiary/aromatic N) is 2. The molecular weight excluding hydrogens is 444 g/mol.